The van der Waals surface area contributed by atoms with Gasteiger partial charge in [-0.2, -0.15) is 27.1 Å². The van der Waals surface area contributed by atoms with E-state index in [9.17, 15) is 44.7 Å². The van der Waals surface area contributed by atoms with E-state index in [1.807, 2.05) is 0 Å². The number of carbonyl (C=O) groups excluding carboxylic acids is 2. The number of hydrogen-bond acceptors (Lipinski definition) is 5. The van der Waals surface area contributed by atoms with E-state index in [4.69, 9.17) is 5.73 Å². The number of halogens is 8. The lowest BCUT2D eigenvalue weighted by Gasteiger charge is -2.34. The maximum atomic E-state index is 14.4. The van der Waals surface area contributed by atoms with Crippen LogP contribution in [0.3, 0.4) is 0 Å². The van der Waals surface area contributed by atoms with E-state index < -0.39 is 91.2 Å². The smallest absolute Gasteiger partial charge is 0.389 e. The van der Waals surface area contributed by atoms with E-state index in [-0.39, 0.29) is 35.7 Å². The molecule has 2 aromatic heterocycles. The normalized spacial score (nSPS) is 18.6. The van der Waals surface area contributed by atoms with Gasteiger partial charge in [0.05, 0.1) is 30.6 Å². The quantitative estimate of drug-likeness (QED) is 0.233. The first kappa shape index (κ1) is 32.4. The van der Waals surface area contributed by atoms with Crippen LogP contribution >= 0.6 is 0 Å². The lowest BCUT2D eigenvalue weighted by Crippen LogP contribution is -2.30. The lowest BCUT2D eigenvalue weighted by molar-refractivity contribution is -0.144. The molecular formula is C29H29F8N5O3. The van der Waals surface area contributed by atoms with Gasteiger partial charge in [-0.15, -0.1) is 0 Å². The number of nitrogens with zero attached hydrogens (tertiary/aromatic N) is 3. The molecule has 2 aliphatic rings. The summed E-state index contributed by atoms with van der Waals surface area (Å²) >= 11 is 0. The Morgan fingerprint density at radius 1 is 1.09 bits per heavy atom. The summed E-state index contributed by atoms with van der Waals surface area (Å²) in [6.45, 7) is -3.42. The molecule has 0 unspecified atom stereocenters. The van der Waals surface area contributed by atoms with Crippen LogP contribution in [0.4, 0.5) is 35.1 Å². The molecule has 16 heteroatoms. The second-order valence-corrected chi connectivity index (χ2v) is 11.5. The van der Waals surface area contributed by atoms with Gasteiger partial charge in [-0.1, -0.05) is 0 Å². The van der Waals surface area contributed by atoms with Crippen LogP contribution in [0.5, 0.6) is 5.75 Å². The zero-order chi connectivity index (χ0) is 32.7. The number of ether oxygens (including phenoxy) is 1. The Hall–Kier alpha value is -3.98. The first-order chi connectivity index (χ1) is 21.1. The fraction of sp³-hybridized carbons (Fsp3) is 0.517. The van der Waals surface area contributed by atoms with E-state index in [1.165, 1.54) is 16.9 Å². The van der Waals surface area contributed by atoms with Crippen LogP contribution in [0, 0.1) is 17.7 Å². The highest BCUT2D eigenvalue weighted by molar-refractivity contribution is 5.95. The third-order valence-corrected chi connectivity index (χ3v) is 8.22. The summed E-state index contributed by atoms with van der Waals surface area (Å²) in [5, 5.41) is 6.95. The number of aromatic nitrogens is 3. The number of benzene rings is 1. The van der Waals surface area contributed by atoms with Gasteiger partial charge in [0, 0.05) is 42.4 Å². The first-order valence-electron chi connectivity index (χ1n) is 14.3. The summed E-state index contributed by atoms with van der Waals surface area (Å²) in [6.07, 6.45) is -3.52. The summed E-state index contributed by atoms with van der Waals surface area (Å²) in [6, 6.07) is 2.32. The highest BCUT2D eigenvalue weighted by atomic mass is 19.4. The fourth-order valence-corrected chi connectivity index (χ4v) is 5.97. The number of hydrogen-bond donors (Lipinski definition) is 2. The second-order valence-electron chi connectivity index (χ2n) is 11.5. The molecule has 0 bridgehead atoms. The predicted octanol–water partition coefficient (Wildman–Crippen LogP) is 6.44. The molecule has 3 aromatic rings. The Kier molecular flexibility index (Phi) is 8.95. The number of amides is 2. The summed E-state index contributed by atoms with van der Waals surface area (Å²) in [4.78, 5) is 29.3. The number of nitrogens with one attached hydrogen (secondary N) is 1. The Bertz CT molecular complexity index is 1560. The number of alkyl halides is 7. The molecule has 3 N–H and O–H groups in total. The van der Waals surface area contributed by atoms with Crippen molar-refractivity contribution in [2.75, 3.05) is 0 Å². The van der Waals surface area contributed by atoms with Crippen LogP contribution < -0.4 is 15.8 Å². The number of fused-ring (bicyclic) bond motifs is 1. The molecule has 2 amide bonds. The fourth-order valence-electron chi connectivity index (χ4n) is 5.97. The summed E-state index contributed by atoms with van der Waals surface area (Å²) < 4.78 is 113. The minimum absolute atomic E-state index is 0.0402. The molecule has 0 aliphatic heterocycles. The van der Waals surface area contributed by atoms with Crippen LogP contribution in [0.25, 0.3) is 5.65 Å². The number of rotatable bonds is 11. The molecule has 0 radical (unpaired) electrons. The molecule has 244 valence electrons. The zero-order valence-electron chi connectivity index (χ0n) is 23.6. The highest BCUT2D eigenvalue weighted by Gasteiger charge is 2.42. The van der Waals surface area contributed by atoms with Gasteiger partial charge in [-0.05, 0) is 55.2 Å². The van der Waals surface area contributed by atoms with E-state index >= 15 is 0 Å². The molecule has 2 atom stereocenters. The van der Waals surface area contributed by atoms with Crippen LogP contribution in [0.1, 0.15) is 90.5 Å². The molecule has 2 fully saturated rings. The van der Waals surface area contributed by atoms with Crippen molar-refractivity contribution in [2.45, 2.75) is 82.0 Å². The topological polar surface area (TPSA) is 112 Å². The average Bonchev–Trinajstić information content (AvgIpc) is 3.69. The van der Waals surface area contributed by atoms with Crippen LogP contribution in [-0.2, 0) is 4.79 Å². The lowest BCUT2D eigenvalue weighted by atomic mass is 9.73. The minimum Gasteiger partial charge on any atom is -0.434 e. The first-order valence-corrected chi connectivity index (χ1v) is 14.3. The van der Waals surface area contributed by atoms with Crippen molar-refractivity contribution < 1.29 is 49.4 Å². The van der Waals surface area contributed by atoms with E-state index in [0.29, 0.717) is 11.6 Å². The van der Waals surface area contributed by atoms with Crippen molar-refractivity contribution in [3.8, 4) is 5.75 Å². The summed E-state index contributed by atoms with van der Waals surface area (Å²) in [5.74, 6) is -8.52. The molecule has 8 nitrogen and oxygen atoms in total. The van der Waals surface area contributed by atoms with Gasteiger partial charge in [0.25, 0.3) is 0 Å². The van der Waals surface area contributed by atoms with Crippen molar-refractivity contribution in [1.29, 1.82) is 0 Å². The molecule has 5 rings (SSSR count). The number of primary amides is 1. The standard InChI is InChI=1S/C29H29F8N5O3/c30-17-10-18(26(38)44)24(20(11-17)45-27(31)32)23(14-3-6-28(33,34)7-4-14)19-13-42-21(40-19)9-16(12-39-42)25(15-1-2-15)41-22(43)5-8-29(35,36)37/h9-15,23,25,27H,1-8H2,(H2,38,44)(H,41,43)/t23-,25-/m1/s1. The monoisotopic (exact) mass is 647 g/mol. The number of nitrogens with two attached hydrogens (primary N) is 1. The zero-order valence-corrected chi connectivity index (χ0v) is 23.6. The van der Waals surface area contributed by atoms with Crippen molar-refractivity contribution in [1.82, 2.24) is 19.9 Å². The third kappa shape index (κ3) is 7.82. The van der Waals surface area contributed by atoms with Crippen molar-refractivity contribution in [2.24, 2.45) is 17.6 Å². The highest BCUT2D eigenvalue weighted by Crippen LogP contribution is 2.48. The van der Waals surface area contributed by atoms with Crippen LogP contribution in [0.15, 0.2) is 30.6 Å². The molecule has 0 saturated heterocycles. The molecule has 1 aromatic carbocycles. The predicted molar refractivity (Wildman–Crippen MR) is 142 cm³/mol. The van der Waals surface area contributed by atoms with Crippen molar-refractivity contribution >= 4 is 17.5 Å². The Balaban J connectivity index is 1.56. The SMILES string of the molecule is NC(=O)c1cc(F)cc(OC(F)F)c1[C@@H](c1cn2ncc([C@H](NC(=O)CCC(F)(F)F)C3CC3)cc2n1)C1CCC(F)(F)CC1. The molecule has 0 spiro atoms. The Labute approximate surface area is 251 Å². The molecule has 2 aliphatic carbocycles. The summed E-state index contributed by atoms with van der Waals surface area (Å²) in [7, 11) is 0. The van der Waals surface area contributed by atoms with Gasteiger partial charge in [0.1, 0.15) is 11.6 Å². The largest absolute Gasteiger partial charge is 0.434 e. The Morgan fingerprint density at radius 2 is 1.78 bits per heavy atom. The van der Waals surface area contributed by atoms with Gasteiger partial charge in [-0.25, -0.2) is 22.7 Å². The van der Waals surface area contributed by atoms with E-state index in [2.05, 4.69) is 20.1 Å². The number of imidazole rings is 1. The van der Waals surface area contributed by atoms with Crippen LogP contribution in [0.2, 0.25) is 0 Å². The molecule has 2 saturated carbocycles. The summed E-state index contributed by atoms with van der Waals surface area (Å²) in [5.41, 5.74) is 5.58. The van der Waals surface area contributed by atoms with Gasteiger partial charge in [0.2, 0.25) is 17.7 Å². The minimum atomic E-state index is -4.50. The van der Waals surface area contributed by atoms with Gasteiger partial charge >= 0.3 is 12.8 Å². The van der Waals surface area contributed by atoms with Crippen LogP contribution in [-0.4, -0.2) is 45.1 Å². The molecular weight excluding hydrogens is 618 g/mol. The van der Waals surface area contributed by atoms with Gasteiger partial charge in [0.15, 0.2) is 5.65 Å². The van der Waals surface area contributed by atoms with Crippen molar-refractivity contribution in [3.63, 3.8) is 0 Å². The maximum absolute atomic E-state index is 14.4. The molecule has 2 heterocycles. The second kappa shape index (κ2) is 12.4. The van der Waals surface area contributed by atoms with Gasteiger partial charge < -0.3 is 15.8 Å². The third-order valence-electron chi connectivity index (χ3n) is 8.22. The maximum Gasteiger partial charge on any atom is 0.389 e. The Morgan fingerprint density at radius 3 is 2.38 bits per heavy atom. The average molecular weight is 648 g/mol. The van der Waals surface area contributed by atoms with E-state index in [1.54, 1.807) is 6.07 Å². The van der Waals surface area contributed by atoms with Crippen molar-refractivity contribution in [3.05, 3.63) is 58.8 Å². The number of carbonyl (C=O) groups is 2. The molecule has 45 heavy (non-hydrogen) atoms. The van der Waals surface area contributed by atoms with E-state index in [0.717, 1.165) is 18.9 Å². The van der Waals surface area contributed by atoms with Gasteiger partial charge in [-0.3, -0.25) is 9.59 Å².